The first kappa shape index (κ1) is 13.4. The molecule has 2 N–H and O–H groups in total. The quantitative estimate of drug-likeness (QED) is 0.890. The van der Waals surface area contributed by atoms with E-state index in [1.165, 1.54) is 11.3 Å². The third-order valence-electron chi connectivity index (χ3n) is 3.65. The van der Waals surface area contributed by atoms with Crippen LogP contribution in [0.5, 0.6) is 0 Å². The number of nitrogens with zero attached hydrogens (tertiary/aromatic N) is 2. The van der Waals surface area contributed by atoms with Crippen LogP contribution in [0.15, 0.2) is 11.6 Å². The van der Waals surface area contributed by atoms with Crippen molar-refractivity contribution in [2.75, 3.05) is 18.4 Å². The number of carbonyl (C=O) groups excluding carboxylic acids is 2. The summed E-state index contributed by atoms with van der Waals surface area (Å²) in [5.41, 5.74) is 0. The molecule has 1 aliphatic heterocycles. The van der Waals surface area contributed by atoms with Crippen LogP contribution in [0.1, 0.15) is 25.7 Å². The van der Waals surface area contributed by atoms with Gasteiger partial charge in [0.2, 0.25) is 5.91 Å². The number of hydrogen-bond donors (Lipinski definition) is 2. The fourth-order valence-electron chi connectivity index (χ4n) is 2.36. The summed E-state index contributed by atoms with van der Waals surface area (Å²) >= 11 is 1.40. The summed E-state index contributed by atoms with van der Waals surface area (Å²) in [4.78, 5) is 30.0. The van der Waals surface area contributed by atoms with E-state index in [4.69, 9.17) is 0 Å². The van der Waals surface area contributed by atoms with Gasteiger partial charge < -0.3 is 15.5 Å². The second-order valence-electron chi connectivity index (χ2n) is 5.34. The Hall–Kier alpha value is -1.63. The Kier molecular flexibility index (Phi) is 3.86. The van der Waals surface area contributed by atoms with Crippen molar-refractivity contribution in [2.45, 2.75) is 31.7 Å². The van der Waals surface area contributed by atoms with E-state index < -0.39 is 0 Å². The number of urea groups is 1. The van der Waals surface area contributed by atoms with Gasteiger partial charge in [-0.25, -0.2) is 9.78 Å². The minimum absolute atomic E-state index is 0.0285. The van der Waals surface area contributed by atoms with E-state index in [-0.39, 0.29) is 17.9 Å². The molecule has 0 bridgehead atoms. The summed E-state index contributed by atoms with van der Waals surface area (Å²) in [6, 6.07) is 0.325. The predicted molar refractivity (Wildman–Crippen MR) is 76.6 cm³/mol. The van der Waals surface area contributed by atoms with Crippen LogP contribution < -0.4 is 10.6 Å². The highest BCUT2D eigenvalue weighted by Crippen LogP contribution is 2.22. The lowest BCUT2D eigenvalue weighted by Gasteiger charge is -2.31. The highest BCUT2D eigenvalue weighted by molar-refractivity contribution is 7.13. The number of carbonyl (C=O) groups is 2. The smallest absolute Gasteiger partial charge is 0.317 e. The second kappa shape index (κ2) is 5.78. The summed E-state index contributed by atoms with van der Waals surface area (Å²) in [7, 11) is 0. The first-order valence-corrected chi connectivity index (χ1v) is 7.86. The second-order valence-corrected chi connectivity index (χ2v) is 6.23. The molecule has 1 aromatic rings. The predicted octanol–water partition coefficient (Wildman–Crippen LogP) is 1.67. The van der Waals surface area contributed by atoms with Crippen molar-refractivity contribution in [1.82, 2.24) is 15.2 Å². The van der Waals surface area contributed by atoms with Crippen molar-refractivity contribution in [3.05, 3.63) is 11.6 Å². The first-order chi connectivity index (χ1) is 9.72. The third kappa shape index (κ3) is 3.27. The SMILES string of the molecule is O=C(Nc1nccs1)[C@H]1CCCN(C(=O)NC2CC2)C1. The van der Waals surface area contributed by atoms with E-state index in [0.717, 1.165) is 32.2 Å². The summed E-state index contributed by atoms with van der Waals surface area (Å²) in [6.45, 7) is 1.23. The molecule has 6 nitrogen and oxygen atoms in total. The highest BCUT2D eigenvalue weighted by Gasteiger charge is 2.31. The molecular formula is C13H18N4O2S. The van der Waals surface area contributed by atoms with Crippen LogP contribution >= 0.6 is 11.3 Å². The van der Waals surface area contributed by atoms with Crippen LogP contribution in [0, 0.1) is 5.92 Å². The van der Waals surface area contributed by atoms with E-state index in [1.54, 1.807) is 11.1 Å². The molecule has 20 heavy (non-hydrogen) atoms. The number of hydrogen-bond acceptors (Lipinski definition) is 4. The maximum Gasteiger partial charge on any atom is 0.317 e. The minimum atomic E-state index is -0.141. The zero-order valence-corrected chi connectivity index (χ0v) is 12.0. The van der Waals surface area contributed by atoms with Gasteiger partial charge in [0, 0.05) is 30.7 Å². The highest BCUT2D eigenvalue weighted by atomic mass is 32.1. The Balaban J connectivity index is 1.53. The van der Waals surface area contributed by atoms with E-state index in [0.29, 0.717) is 17.7 Å². The lowest BCUT2D eigenvalue weighted by molar-refractivity contribution is -0.121. The van der Waals surface area contributed by atoms with Crippen LogP contribution in [0.3, 0.4) is 0 Å². The largest absolute Gasteiger partial charge is 0.335 e. The van der Waals surface area contributed by atoms with Crippen molar-refractivity contribution in [3.63, 3.8) is 0 Å². The third-order valence-corrected chi connectivity index (χ3v) is 4.34. The van der Waals surface area contributed by atoms with Gasteiger partial charge >= 0.3 is 6.03 Å². The molecule has 0 aromatic carbocycles. The molecule has 0 unspecified atom stereocenters. The topological polar surface area (TPSA) is 74.3 Å². The van der Waals surface area contributed by atoms with Gasteiger partial charge in [0.05, 0.1) is 5.92 Å². The maximum absolute atomic E-state index is 12.2. The zero-order chi connectivity index (χ0) is 13.9. The fourth-order valence-corrected chi connectivity index (χ4v) is 2.89. The zero-order valence-electron chi connectivity index (χ0n) is 11.2. The molecule has 7 heteroatoms. The van der Waals surface area contributed by atoms with Crippen LogP contribution in [0.2, 0.25) is 0 Å². The molecule has 1 aromatic heterocycles. The molecule has 1 aliphatic carbocycles. The maximum atomic E-state index is 12.2. The van der Waals surface area contributed by atoms with Crippen molar-refractivity contribution in [1.29, 1.82) is 0 Å². The first-order valence-electron chi connectivity index (χ1n) is 6.98. The van der Waals surface area contributed by atoms with Crippen LogP contribution in [0.25, 0.3) is 0 Å². The Bertz CT molecular complexity index is 487. The normalized spacial score (nSPS) is 22.4. The lowest BCUT2D eigenvalue weighted by Crippen LogP contribution is -2.48. The van der Waals surface area contributed by atoms with Crippen molar-refractivity contribution in [3.8, 4) is 0 Å². The summed E-state index contributed by atoms with van der Waals surface area (Å²) in [6.07, 6.45) is 5.51. The van der Waals surface area contributed by atoms with Gasteiger partial charge in [-0.05, 0) is 25.7 Å². The Morgan fingerprint density at radius 3 is 2.90 bits per heavy atom. The molecule has 2 fully saturated rings. The monoisotopic (exact) mass is 294 g/mol. The number of aromatic nitrogens is 1. The lowest BCUT2D eigenvalue weighted by atomic mass is 9.97. The minimum Gasteiger partial charge on any atom is -0.335 e. The molecule has 1 atom stereocenters. The van der Waals surface area contributed by atoms with Crippen molar-refractivity contribution < 1.29 is 9.59 Å². The van der Waals surface area contributed by atoms with E-state index in [1.807, 2.05) is 5.38 Å². The number of amides is 3. The van der Waals surface area contributed by atoms with Crippen LogP contribution in [-0.2, 0) is 4.79 Å². The Morgan fingerprint density at radius 1 is 1.35 bits per heavy atom. The summed E-state index contributed by atoms with van der Waals surface area (Å²) < 4.78 is 0. The molecule has 2 aliphatic rings. The number of likely N-dealkylation sites (tertiary alicyclic amines) is 1. The number of anilines is 1. The molecule has 108 valence electrons. The molecule has 3 amide bonds. The molecular weight excluding hydrogens is 276 g/mol. The molecule has 1 saturated carbocycles. The fraction of sp³-hybridized carbons (Fsp3) is 0.615. The van der Waals surface area contributed by atoms with Gasteiger partial charge in [0.15, 0.2) is 5.13 Å². The molecule has 1 saturated heterocycles. The number of rotatable bonds is 3. The Labute approximate surface area is 121 Å². The number of piperidine rings is 1. The summed E-state index contributed by atoms with van der Waals surface area (Å²) in [5, 5.41) is 8.23. The molecule has 2 heterocycles. The molecule has 0 radical (unpaired) electrons. The molecule has 3 rings (SSSR count). The van der Waals surface area contributed by atoms with Gasteiger partial charge in [-0.3, -0.25) is 4.79 Å². The van der Waals surface area contributed by atoms with Crippen molar-refractivity contribution in [2.24, 2.45) is 5.92 Å². The van der Waals surface area contributed by atoms with Crippen LogP contribution in [-0.4, -0.2) is 41.0 Å². The van der Waals surface area contributed by atoms with Gasteiger partial charge in [-0.2, -0.15) is 0 Å². The summed E-state index contributed by atoms with van der Waals surface area (Å²) in [5.74, 6) is -0.179. The van der Waals surface area contributed by atoms with E-state index in [9.17, 15) is 9.59 Å². The average molecular weight is 294 g/mol. The molecule has 0 spiro atoms. The van der Waals surface area contributed by atoms with Crippen LogP contribution in [0.4, 0.5) is 9.93 Å². The number of nitrogens with one attached hydrogen (secondary N) is 2. The standard InChI is InChI=1S/C13H18N4O2S/c18-11(16-12-14-5-7-20-12)9-2-1-6-17(8-9)13(19)15-10-3-4-10/h5,7,9-10H,1-4,6,8H2,(H,15,19)(H,14,16,18)/t9-/m0/s1. The van der Waals surface area contributed by atoms with Gasteiger partial charge in [-0.15, -0.1) is 11.3 Å². The van der Waals surface area contributed by atoms with Gasteiger partial charge in [0.25, 0.3) is 0 Å². The average Bonchev–Trinajstić information content (AvgIpc) is 3.12. The van der Waals surface area contributed by atoms with Crippen molar-refractivity contribution >= 4 is 28.4 Å². The van der Waals surface area contributed by atoms with Gasteiger partial charge in [-0.1, -0.05) is 0 Å². The van der Waals surface area contributed by atoms with E-state index in [2.05, 4.69) is 15.6 Å². The van der Waals surface area contributed by atoms with Gasteiger partial charge in [0.1, 0.15) is 0 Å². The van der Waals surface area contributed by atoms with E-state index >= 15 is 0 Å². The number of thiazole rings is 1. The Morgan fingerprint density at radius 2 is 2.20 bits per heavy atom.